The second kappa shape index (κ2) is 17.1. The summed E-state index contributed by atoms with van der Waals surface area (Å²) in [5.41, 5.74) is 0. The maximum absolute atomic E-state index is 7.17. The molecule has 0 atom stereocenters. The Morgan fingerprint density at radius 3 is 0.600 bits per heavy atom. The maximum atomic E-state index is 7.17. The fraction of sp³-hybridized carbons (Fsp3) is 0. The van der Waals surface area contributed by atoms with Gasteiger partial charge in [-0.2, -0.15) is 0 Å². The summed E-state index contributed by atoms with van der Waals surface area (Å²) in [6.07, 6.45) is 0. The summed E-state index contributed by atoms with van der Waals surface area (Å²) in [5, 5.41) is 43.0. The van der Waals surface area contributed by atoms with Crippen LogP contribution in [0.15, 0.2) is 0 Å². The van der Waals surface area contributed by atoms with E-state index in [0.29, 0.717) is 0 Å². The first-order valence-electron chi connectivity index (χ1n) is 1.55. The van der Waals surface area contributed by atoms with Gasteiger partial charge < -0.3 is 30.1 Å². The molecule has 0 aromatic rings. The predicted molar refractivity (Wildman–Crippen MR) is 40.5 cm³/mol. The van der Waals surface area contributed by atoms with Crippen molar-refractivity contribution in [3.8, 4) is 0 Å². The summed E-state index contributed by atoms with van der Waals surface area (Å²) in [6, 6.07) is 0. The molecule has 6 N–H and O–H groups in total. The van der Waals surface area contributed by atoms with E-state index >= 15 is 0 Å². The molecule has 0 rings (SSSR count). The van der Waals surface area contributed by atoms with Crippen molar-refractivity contribution in [1.82, 2.24) is 0 Å². The number of hydrogen-bond donors (Lipinski definition) is 6. The minimum atomic E-state index is -2.17. The molecule has 10 heteroatoms. The molecule has 0 aromatic carbocycles. The van der Waals surface area contributed by atoms with E-state index in [0.717, 1.165) is 0 Å². The van der Waals surface area contributed by atoms with Gasteiger partial charge in [0.2, 0.25) is 0 Å². The molecule has 0 aliphatic rings. The van der Waals surface area contributed by atoms with Crippen LogP contribution in [0.5, 0.6) is 0 Å². The fourth-order valence-electron chi connectivity index (χ4n) is 0. The standard InChI is InChI=1S/2BH3O3.Na.Pb.3H/c2*2-1(3)4;;;;;/h2*2-4H;;;;;. The Labute approximate surface area is 101 Å². The summed E-state index contributed by atoms with van der Waals surface area (Å²) in [7, 11) is -4.33. The molecule has 0 unspecified atom stereocenters. The molecule has 2 radical (unpaired) electrons. The Morgan fingerprint density at radius 1 is 0.600 bits per heavy atom. The van der Waals surface area contributed by atoms with E-state index < -0.39 is 14.6 Å². The number of rotatable bonds is 0. The van der Waals surface area contributed by atoms with Gasteiger partial charge in [-0.05, 0) is 0 Å². The van der Waals surface area contributed by atoms with Crippen molar-refractivity contribution < 1.29 is 30.1 Å². The third-order valence-corrected chi connectivity index (χ3v) is 0. The van der Waals surface area contributed by atoms with Crippen molar-refractivity contribution in [3.63, 3.8) is 0 Å². The van der Waals surface area contributed by atoms with E-state index in [1.165, 1.54) is 0 Å². The molecule has 0 aliphatic carbocycles. The van der Waals surface area contributed by atoms with Gasteiger partial charge in [0.25, 0.3) is 0 Å². The Balaban J connectivity index is -0.0000000300. The predicted octanol–water partition coefficient (Wildman–Crippen LogP) is -5.67. The van der Waals surface area contributed by atoms with Crippen molar-refractivity contribution in [2.45, 2.75) is 0 Å². The van der Waals surface area contributed by atoms with Gasteiger partial charge in [-0.3, -0.25) is 0 Å². The van der Waals surface area contributed by atoms with Crippen LogP contribution in [0.3, 0.4) is 0 Å². The van der Waals surface area contributed by atoms with E-state index in [1.807, 2.05) is 0 Å². The zero-order valence-corrected chi connectivity index (χ0v) is 10.0. The summed E-state index contributed by atoms with van der Waals surface area (Å²) >= 11 is 0. The van der Waals surface area contributed by atoms with Gasteiger partial charge in [-0.1, -0.05) is 0 Å². The Hall–Kier alpha value is 1.81. The third-order valence-electron chi connectivity index (χ3n) is 0. The molecular formula is H9B2NaO6Pb. The average molecular weight is 357 g/mol. The van der Waals surface area contributed by atoms with Crippen molar-refractivity contribution in [1.29, 1.82) is 0 Å². The van der Waals surface area contributed by atoms with E-state index in [9.17, 15) is 0 Å². The van der Waals surface area contributed by atoms with Crippen molar-refractivity contribution in [2.24, 2.45) is 0 Å². The monoisotopic (exact) mass is 358 g/mol. The zero-order chi connectivity index (χ0) is 7.15. The molecule has 10 heavy (non-hydrogen) atoms. The number of hydrogen-bond acceptors (Lipinski definition) is 6. The van der Waals surface area contributed by atoms with Crippen molar-refractivity contribution >= 4 is 71.5 Å². The van der Waals surface area contributed by atoms with Crippen LogP contribution < -0.4 is 0 Å². The van der Waals surface area contributed by atoms with Crippen molar-refractivity contribution in [2.75, 3.05) is 0 Å². The summed E-state index contributed by atoms with van der Waals surface area (Å²) in [5.74, 6) is 0. The second-order valence-corrected chi connectivity index (χ2v) is 0.693. The zero-order valence-electron chi connectivity index (χ0n) is 4.55. The van der Waals surface area contributed by atoms with Crippen LogP contribution in [-0.2, 0) is 0 Å². The van der Waals surface area contributed by atoms with Gasteiger partial charge in [0.05, 0.1) is 0 Å². The first-order chi connectivity index (χ1) is 3.46. The Morgan fingerprint density at radius 2 is 0.600 bits per heavy atom. The van der Waals surface area contributed by atoms with Crippen LogP contribution in [0.2, 0.25) is 0 Å². The quantitative estimate of drug-likeness (QED) is 0.241. The molecule has 0 aliphatic heterocycles. The fourth-order valence-corrected chi connectivity index (χ4v) is 0. The average Bonchev–Trinajstić information content (AvgIpc) is 1.25. The van der Waals surface area contributed by atoms with Gasteiger partial charge in [0.1, 0.15) is 0 Å². The van der Waals surface area contributed by atoms with E-state index in [2.05, 4.69) is 0 Å². The molecule has 0 saturated heterocycles. The van der Waals surface area contributed by atoms with Crippen LogP contribution in [0.4, 0.5) is 0 Å². The van der Waals surface area contributed by atoms with E-state index in [4.69, 9.17) is 30.1 Å². The molecule has 6 nitrogen and oxygen atoms in total. The first kappa shape index (κ1) is 22.6. The van der Waals surface area contributed by atoms with Gasteiger partial charge >= 0.3 is 71.5 Å². The van der Waals surface area contributed by atoms with Gasteiger partial charge in [-0.25, -0.2) is 0 Å². The Bertz CT molecular complexity index is 31.2. The Kier molecular flexibility index (Phi) is 38.6. The minimum absolute atomic E-state index is 0. The van der Waals surface area contributed by atoms with Crippen LogP contribution in [0.25, 0.3) is 0 Å². The van der Waals surface area contributed by atoms with Gasteiger partial charge in [0.15, 0.2) is 0 Å². The molecule has 0 aromatic heterocycles. The molecular weight excluding hydrogens is 348 g/mol. The van der Waals surface area contributed by atoms with Crippen LogP contribution in [0, 0.1) is 0 Å². The molecule has 56 valence electrons. The molecule has 0 spiro atoms. The summed E-state index contributed by atoms with van der Waals surface area (Å²) in [4.78, 5) is 0. The van der Waals surface area contributed by atoms with E-state index in [-0.39, 0.29) is 56.9 Å². The molecule has 0 heterocycles. The molecule has 0 saturated carbocycles. The van der Waals surface area contributed by atoms with Crippen LogP contribution >= 0.6 is 0 Å². The topological polar surface area (TPSA) is 121 Å². The van der Waals surface area contributed by atoms with E-state index in [1.54, 1.807) is 0 Å². The van der Waals surface area contributed by atoms with Crippen molar-refractivity contribution in [3.05, 3.63) is 0 Å². The van der Waals surface area contributed by atoms with Gasteiger partial charge in [0, 0.05) is 0 Å². The molecule has 0 bridgehead atoms. The second-order valence-electron chi connectivity index (χ2n) is 0.693. The molecule has 0 amide bonds. The van der Waals surface area contributed by atoms with Gasteiger partial charge in [-0.15, -0.1) is 0 Å². The van der Waals surface area contributed by atoms with Crippen LogP contribution in [0.1, 0.15) is 0 Å². The summed E-state index contributed by atoms with van der Waals surface area (Å²) < 4.78 is 0. The normalized spacial score (nSPS) is 5.40. The van der Waals surface area contributed by atoms with Crippen LogP contribution in [-0.4, -0.2) is 102 Å². The third kappa shape index (κ3) is 232. The molecule has 0 fully saturated rings. The summed E-state index contributed by atoms with van der Waals surface area (Å²) in [6.45, 7) is 0. The first-order valence-corrected chi connectivity index (χ1v) is 1.55. The SMILES string of the molecule is OB(O)O.OB(O)O.[NaH].[PbH2].